The molecule has 0 unspecified atom stereocenters. The first-order valence-corrected chi connectivity index (χ1v) is 8.45. The minimum atomic E-state index is -3.77. The summed E-state index contributed by atoms with van der Waals surface area (Å²) in [7, 11) is 0.126. The molecule has 2 rings (SSSR count). The van der Waals surface area contributed by atoms with Gasteiger partial charge in [0.2, 0.25) is 10.0 Å². The van der Waals surface area contributed by atoms with Gasteiger partial charge in [-0.3, -0.25) is 0 Å². The molecule has 1 fully saturated rings. The van der Waals surface area contributed by atoms with Crippen LogP contribution in [-0.2, 0) is 16.6 Å². The zero-order valence-corrected chi connectivity index (χ0v) is 13.2. The van der Waals surface area contributed by atoms with Crippen LogP contribution in [0.2, 0.25) is 0 Å². The van der Waals surface area contributed by atoms with Crippen LogP contribution in [0.1, 0.15) is 24.8 Å². The summed E-state index contributed by atoms with van der Waals surface area (Å²) < 4.78 is 41.1. The Kier molecular flexibility index (Phi) is 4.67. The molecule has 3 N–H and O–H groups in total. The molecule has 0 atom stereocenters. The zero-order chi connectivity index (χ0) is 15.7. The fraction of sp³-hybridized carbons (Fsp3) is 0.571. The minimum Gasteiger partial charge on any atom is -0.326 e. The Bertz CT molecular complexity index is 613. The highest BCUT2D eigenvalue weighted by atomic mass is 32.2. The lowest BCUT2D eigenvalue weighted by molar-refractivity contribution is 0.0656. The summed E-state index contributed by atoms with van der Waals surface area (Å²) in [6, 6.07) is 3.99. The number of nitrogens with one attached hydrogen (secondary N) is 1. The largest absolute Gasteiger partial charge is 0.326 e. The highest BCUT2D eigenvalue weighted by Crippen LogP contribution is 2.35. The maximum absolute atomic E-state index is 13.7. The van der Waals surface area contributed by atoms with E-state index in [-0.39, 0.29) is 22.5 Å². The quantitative estimate of drug-likeness (QED) is 0.823. The molecule has 1 saturated carbocycles. The summed E-state index contributed by atoms with van der Waals surface area (Å²) in [6.45, 7) is 0.171. The van der Waals surface area contributed by atoms with E-state index in [0.717, 1.165) is 19.3 Å². The van der Waals surface area contributed by atoms with Crippen molar-refractivity contribution in [2.45, 2.75) is 36.2 Å². The Morgan fingerprint density at radius 2 is 2.05 bits per heavy atom. The molecule has 0 saturated heterocycles. The summed E-state index contributed by atoms with van der Waals surface area (Å²) in [5.74, 6) is -0.591. The van der Waals surface area contributed by atoms with Gasteiger partial charge in [0.15, 0.2) is 0 Å². The molecule has 0 radical (unpaired) electrons. The van der Waals surface area contributed by atoms with E-state index < -0.39 is 15.8 Å². The minimum absolute atomic E-state index is 0.0255. The highest BCUT2D eigenvalue weighted by molar-refractivity contribution is 7.89. The van der Waals surface area contributed by atoms with E-state index in [1.54, 1.807) is 0 Å². The van der Waals surface area contributed by atoms with Gasteiger partial charge >= 0.3 is 0 Å². The van der Waals surface area contributed by atoms with Crippen LogP contribution in [0.15, 0.2) is 23.1 Å². The van der Waals surface area contributed by atoms with E-state index in [1.165, 1.54) is 18.2 Å². The molecule has 1 aromatic carbocycles. The van der Waals surface area contributed by atoms with Crippen molar-refractivity contribution in [1.29, 1.82) is 0 Å². The molecule has 5 nitrogen and oxygen atoms in total. The van der Waals surface area contributed by atoms with Crippen molar-refractivity contribution < 1.29 is 12.8 Å². The van der Waals surface area contributed by atoms with Gasteiger partial charge in [0.05, 0.1) is 4.90 Å². The number of benzene rings is 1. The van der Waals surface area contributed by atoms with Crippen LogP contribution in [0.5, 0.6) is 0 Å². The second kappa shape index (κ2) is 6.00. The van der Waals surface area contributed by atoms with Crippen molar-refractivity contribution in [2.75, 3.05) is 20.6 Å². The predicted octanol–water partition coefficient (Wildman–Crippen LogP) is 1.05. The average molecular weight is 315 g/mol. The predicted molar refractivity (Wildman–Crippen MR) is 79.7 cm³/mol. The number of nitrogens with zero attached hydrogens (tertiary/aromatic N) is 1. The van der Waals surface area contributed by atoms with Crippen LogP contribution in [0, 0.1) is 5.82 Å². The molecule has 1 aromatic rings. The lowest BCUT2D eigenvalue weighted by Crippen LogP contribution is -2.57. The van der Waals surface area contributed by atoms with Crippen LogP contribution in [0.3, 0.4) is 0 Å². The van der Waals surface area contributed by atoms with Gasteiger partial charge in [-0.25, -0.2) is 17.5 Å². The summed E-state index contributed by atoms with van der Waals surface area (Å²) >= 11 is 0. The van der Waals surface area contributed by atoms with Gasteiger partial charge in [-0.15, -0.1) is 0 Å². The smallest absolute Gasteiger partial charge is 0.241 e. The lowest BCUT2D eigenvalue weighted by atomic mass is 9.76. The van der Waals surface area contributed by atoms with Gasteiger partial charge in [-0.1, -0.05) is 6.07 Å². The van der Waals surface area contributed by atoms with Crippen LogP contribution < -0.4 is 10.5 Å². The molecule has 0 spiro atoms. The van der Waals surface area contributed by atoms with Gasteiger partial charge < -0.3 is 10.6 Å². The fourth-order valence-electron chi connectivity index (χ4n) is 2.66. The van der Waals surface area contributed by atoms with Gasteiger partial charge in [0.25, 0.3) is 0 Å². The van der Waals surface area contributed by atoms with Crippen LogP contribution in [0.25, 0.3) is 0 Å². The molecular formula is C14H22FN3O2S. The van der Waals surface area contributed by atoms with Crippen molar-refractivity contribution in [1.82, 2.24) is 9.62 Å². The van der Waals surface area contributed by atoms with Gasteiger partial charge in [0.1, 0.15) is 5.82 Å². The number of halogens is 1. The number of likely N-dealkylation sites (N-methyl/N-ethyl adjacent to an activating group) is 1. The van der Waals surface area contributed by atoms with Crippen LogP contribution in [-0.4, -0.2) is 39.5 Å². The maximum Gasteiger partial charge on any atom is 0.241 e. The van der Waals surface area contributed by atoms with E-state index in [9.17, 15) is 12.8 Å². The first-order valence-electron chi connectivity index (χ1n) is 6.97. The maximum atomic E-state index is 13.7. The molecule has 0 aliphatic heterocycles. The molecular weight excluding hydrogens is 293 g/mol. The number of rotatable bonds is 6. The first kappa shape index (κ1) is 16.4. The molecule has 118 valence electrons. The van der Waals surface area contributed by atoms with E-state index in [1.807, 2.05) is 14.1 Å². The third kappa shape index (κ3) is 3.11. The van der Waals surface area contributed by atoms with E-state index in [2.05, 4.69) is 9.62 Å². The summed E-state index contributed by atoms with van der Waals surface area (Å²) in [5.41, 5.74) is 5.37. The van der Waals surface area contributed by atoms with E-state index >= 15 is 0 Å². The normalized spacial score (nSPS) is 17.8. The second-order valence-electron chi connectivity index (χ2n) is 5.72. The summed E-state index contributed by atoms with van der Waals surface area (Å²) in [6.07, 6.45) is 3.00. The van der Waals surface area contributed by atoms with Gasteiger partial charge in [-0.2, -0.15) is 0 Å². The van der Waals surface area contributed by atoms with Gasteiger partial charge in [-0.05, 0) is 45.5 Å². The van der Waals surface area contributed by atoms with Crippen molar-refractivity contribution in [3.63, 3.8) is 0 Å². The number of hydrogen-bond acceptors (Lipinski definition) is 4. The van der Waals surface area contributed by atoms with E-state index in [4.69, 9.17) is 5.73 Å². The van der Waals surface area contributed by atoms with Crippen LogP contribution >= 0.6 is 0 Å². The SMILES string of the molecule is CN(C)C1(CNS(=O)(=O)c2cccc(F)c2CN)CCC1. The Balaban J connectivity index is 2.22. The van der Waals surface area contributed by atoms with Crippen molar-refractivity contribution >= 4 is 10.0 Å². The molecule has 1 aliphatic carbocycles. The lowest BCUT2D eigenvalue weighted by Gasteiger charge is -2.47. The number of hydrogen-bond donors (Lipinski definition) is 2. The molecule has 0 aromatic heterocycles. The Labute approximate surface area is 125 Å². The third-order valence-electron chi connectivity index (χ3n) is 4.39. The van der Waals surface area contributed by atoms with Crippen LogP contribution in [0.4, 0.5) is 4.39 Å². The molecule has 21 heavy (non-hydrogen) atoms. The zero-order valence-electron chi connectivity index (χ0n) is 12.4. The fourth-order valence-corrected chi connectivity index (χ4v) is 4.04. The topological polar surface area (TPSA) is 75.4 Å². The number of sulfonamides is 1. The average Bonchev–Trinajstić information content (AvgIpc) is 2.36. The molecule has 0 amide bonds. The van der Waals surface area contributed by atoms with Crippen molar-refractivity contribution in [3.8, 4) is 0 Å². The summed E-state index contributed by atoms with van der Waals surface area (Å²) in [4.78, 5) is 1.98. The highest BCUT2D eigenvalue weighted by Gasteiger charge is 2.40. The molecule has 1 aliphatic rings. The van der Waals surface area contributed by atoms with Gasteiger partial charge in [0, 0.05) is 24.2 Å². The standard InChI is InChI=1S/C14H22FN3O2S/c1-18(2)14(7-4-8-14)10-17-21(19,20)13-6-3-5-12(15)11(13)9-16/h3,5-6,17H,4,7-10,16H2,1-2H3. The first-order chi connectivity index (χ1) is 9.82. The van der Waals surface area contributed by atoms with Crippen molar-refractivity contribution in [2.24, 2.45) is 5.73 Å². The molecule has 7 heteroatoms. The third-order valence-corrected chi connectivity index (χ3v) is 5.88. The van der Waals surface area contributed by atoms with Crippen molar-refractivity contribution in [3.05, 3.63) is 29.6 Å². The second-order valence-corrected chi connectivity index (χ2v) is 7.45. The molecule has 0 heterocycles. The Morgan fingerprint density at radius 1 is 1.38 bits per heavy atom. The monoisotopic (exact) mass is 315 g/mol. The van der Waals surface area contributed by atoms with E-state index in [0.29, 0.717) is 6.54 Å². The Morgan fingerprint density at radius 3 is 2.52 bits per heavy atom. The summed E-state index contributed by atoms with van der Waals surface area (Å²) in [5, 5.41) is 0. The number of nitrogens with two attached hydrogens (primary N) is 1. The molecule has 0 bridgehead atoms. The Hall–Kier alpha value is -1.02.